The van der Waals surface area contributed by atoms with Gasteiger partial charge in [0.15, 0.2) is 5.58 Å². The number of carbonyl (C=O) groups is 1. The first-order valence-electron chi connectivity index (χ1n) is 9.93. The Balaban J connectivity index is 1.29. The van der Waals surface area contributed by atoms with Crippen LogP contribution in [0, 0.1) is 43.4 Å². The van der Waals surface area contributed by atoms with Crippen LogP contribution in [0.1, 0.15) is 55.5 Å². The smallest absolute Gasteiger partial charge is 0.202 e. The highest BCUT2D eigenvalue weighted by molar-refractivity contribution is 5.81. The largest absolute Gasteiger partial charge is 0.440 e. The van der Waals surface area contributed by atoms with Gasteiger partial charge in [-0.05, 0) is 98.8 Å². The second kappa shape index (κ2) is 5.69. The van der Waals surface area contributed by atoms with E-state index in [0.717, 1.165) is 41.2 Å². The van der Waals surface area contributed by atoms with Crippen LogP contribution in [-0.4, -0.2) is 10.8 Å². The summed E-state index contributed by atoms with van der Waals surface area (Å²) in [5.74, 6) is 5.11. The van der Waals surface area contributed by atoms with E-state index < -0.39 is 0 Å². The van der Waals surface area contributed by atoms with Crippen molar-refractivity contribution in [3.8, 4) is 0 Å². The molecule has 3 heteroatoms. The Morgan fingerprint density at radius 3 is 2.36 bits per heavy atom. The van der Waals surface area contributed by atoms with Crippen molar-refractivity contribution in [2.45, 2.75) is 58.8 Å². The van der Waals surface area contributed by atoms with Crippen molar-refractivity contribution in [1.82, 2.24) is 4.98 Å². The van der Waals surface area contributed by atoms with Gasteiger partial charge in [-0.2, -0.15) is 0 Å². The normalized spacial score (nSPS) is 33.3. The minimum atomic E-state index is 0.317. The van der Waals surface area contributed by atoms with E-state index in [1.807, 2.05) is 6.07 Å². The topological polar surface area (TPSA) is 43.1 Å². The molecule has 0 spiro atoms. The van der Waals surface area contributed by atoms with Gasteiger partial charge in [-0.1, -0.05) is 0 Å². The number of ketones is 1. The van der Waals surface area contributed by atoms with E-state index in [2.05, 4.69) is 24.9 Å². The fourth-order valence-electron chi connectivity index (χ4n) is 6.18. The molecule has 25 heavy (non-hydrogen) atoms. The van der Waals surface area contributed by atoms with E-state index in [0.29, 0.717) is 24.0 Å². The van der Waals surface area contributed by atoms with Crippen molar-refractivity contribution >= 4 is 16.9 Å². The van der Waals surface area contributed by atoms with Gasteiger partial charge in [0.1, 0.15) is 11.3 Å². The zero-order valence-electron chi connectivity index (χ0n) is 15.3. The van der Waals surface area contributed by atoms with Crippen LogP contribution in [0.5, 0.6) is 0 Å². The quantitative estimate of drug-likeness (QED) is 0.787. The highest BCUT2D eigenvalue weighted by Crippen LogP contribution is 2.57. The van der Waals surface area contributed by atoms with Crippen LogP contribution >= 0.6 is 0 Å². The second-order valence-electron chi connectivity index (χ2n) is 9.03. The summed E-state index contributed by atoms with van der Waals surface area (Å²) in [7, 11) is 0. The lowest BCUT2D eigenvalue weighted by Crippen LogP contribution is -2.45. The lowest BCUT2D eigenvalue weighted by Gasteiger charge is -2.54. The van der Waals surface area contributed by atoms with Gasteiger partial charge >= 0.3 is 0 Å². The zero-order chi connectivity index (χ0) is 17.1. The number of aromatic nitrogens is 1. The number of hydrogen-bond acceptors (Lipinski definition) is 3. The molecule has 0 aliphatic heterocycles. The van der Waals surface area contributed by atoms with Crippen LogP contribution in [0.2, 0.25) is 0 Å². The maximum absolute atomic E-state index is 12.7. The lowest BCUT2D eigenvalue weighted by atomic mass is 9.51. The van der Waals surface area contributed by atoms with Crippen molar-refractivity contribution < 1.29 is 9.21 Å². The Bertz CT molecular complexity index is 767. The number of fused-ring (bicyclic) bond motifs is 1. The third-order valence-corrected chi connectivity index (χ3v) is 7.28. The molecule has 4 aliphatic carbocycles. The molecular formula is C22H27NO2. The minimum absolute atomic E-state index is 0.317. The molecule has 0 saturated heterocycles. The molecule has 4 saturated carbocycles. The van der Waals surface area contributed by atoms with Crippen molar-refractivity contribution in [1.29, 1.82) is 0 Å². The van der Waals surface area contributed by atoms with E-state index >= 15 is 0 Å². The molecule has 0 N–H and O–H groups in total. The van der Waals surface area contributed by atoms with Crippen molar-refractivity contribution in [2.75, 3.05) is 0 Å². The fraction of sp³-hybridized carbons (Fsp3) is 0.636. The standard InChI is InChI=1S/C22H27NO2/c1-12-3-20-21(4-13(12)2)25-22(23-20)11-18(24)10-19-16-6-14-5-15(8-16)9-17(19)7-14/h3-4,14-17,19H,5-11H2,1-2H3. The molecule has 1 heterocycles. The summed E-state index contributed by atoms with van der Waals surface area (Å²) in [5.41, 5.74) is 4.10. The molecule has 1 aromatic heterocycles. The van der Waals surface area contributed by atoms with Crippen LogP contribution in [0.25, 0.3) is 11.1 Å². The second-order valence-corrected chi connectivity index (χ2v) is 9.03. The molecule has 4 aliphatic rings. The summed E-state index contributed by atoms with van der Waals surface area (Å²) in [4.78, 5) is 17.3. The molecule has 0 radical (unpaired) electrons. The molecule has 0 atom stereocenters. The molecule has 4 fully saturated rings. The molecule has 0 unspecified atom stereocenters. The minimum Gasteiger partial charge on any atom is -0.440 e. The predicted molar refractivity (Wildman–Crippen MR) is 97.3 cm³/mol. The molecule has 2 aromatic rings. The third-order valence-electron chi connectivity index (χ3n) is 7.28. The SMILES string of the molecule is Cc1cc2nc(CC(=O)CC3C4CC5CC(C4)CC3C5)oc2cc1C. The summed E-state index contributed by atoms with van der Waals surface area (Å²) in [6, 6.07) is 4.09. The Kier molecular flexibility index (Phi) is 3.55. The first-order chi connectivity index (χ1) is 12.0. The summed E-state index contributed by atoms with van der Waals surface area (Å²) in [6.45, 7) is 4.16. The van der Waals surface area contributed by atoms with Gasteiger partial charge in [-0.3, -0.25) is 4.79 Å². The number of nitrogens with zero attached hydrogens (tertiary/aromatic N) is 1. The van der Waals surface area contributed by atoms with Gasteiger partial charge in [0.05, 0.1) is 6.42 Å². The Morgan fingerprint density at radius 2 is 1.68 bits per heavy atom. The number of rotatable bonds is 4. The molecule has 132 valence electrons. The highest BCUT2D eigenvalue weighted by Gasteiger charge is 2.48. The number of hydrogen-bond donors (Lipinski definition) is 0. The van der Waals surface area contributed by atoms with Gasteiger partial charge in [0, 0.05) is 6.42 Å². The molecule has 1 aromatic carbocycles. The molecule has 4 bridgehead atoms. The van der Waals surface area contributed by atoms with Crippen LogP contribution < -0.4 is 0 Å². The van der Waals surface area contributed by atoms with Gasteiger partial charge < -0.3 is 4.42 Å². The Morgan fingerprint density at radius 1 is 1.04 bits per heavy atom. The van der Waals surface area contributed by atoms with Gasteiger partial charge in [0.2, 0.25) is 5.89 Å². The maximum atomic E-state index is 12.7. The monoisotopic (exact) mass is 337 g/mol. The predicted octanol–water partition coefficient (Wildman–Crippen LogP) is 5.02. The number of aryl methyl sites for hydroxylation is 2. The molecule has 0 amide bonds. The number of Topliss-reactive ketones (excluding diaryl/α,β-unsaturated/α-hetero) is 1. The van der Waals surface area contributed by atoms with Gasteiger partial charge in [-0.25, -0.2) is 4.98 Å². The summed E-state index contributed by atoms with van der Waals surface area (Å²) in [6.07, 6.45) is 8.09. The average Bonchev–Trinajstić information content (AvgIpc) is 2.91. The van der Waals surface area contributed by atoms with Crippen LogP contribution in [0.15, 0.2) is 16.5 Å². The molecule has 6 rings (SSSR count). The fourth-order valence-corrected chi connectivity index (χ4v) is 6.18. The number of benzene rings is 1. The third kappa shape index (κ3) is 2.72. The van der Waals surface area contributed by atoms with E-state index in [-0.39, 0.29) is 0 Å². The van der Waals surface area contributed by atoms with Crippen LogP contribution in [0.4, 0.5) is 0 Å². The first kappa shape index (κ1) is 15.6. The van der Waals surface area contributed by atoms with Gasteiger partial charge in [-0.15, -0.1) is 0 Å². The van der Waals surface area contributed by atoms with Crippen molar-refractivity contribution in [3.05, 3.63) is 29.2 Å². The summed E-state index contributed by atoms with van der Waals surface area (Å²) >= 11 is 0. The number of oxazole rings is 1. The Hall–Kier alpha value is -1.64. The van der Waals surface area contributed by atoms with Crippen LogP contribution in [-0.2, 0) is 11.2 Å². The Labute approximate surface area is 149 Å². The highest BCUT2D eigenvalue weighted by atomic mass is 16.3. The van der Waals surface area contributed by atoms with Gasteiger partial charge in [0.25, 0.3) is 0 Å². The van der Waals surface area contributed by atoms with E-state index in [1.165, 1.54) is 43.2 Å². The molecule has 3 nitrogen and oxygen atoms in total. The lowest BCUT2D eigenvalue weighted by molar-refractivity contribution is -0.123. The molecular weight excluding hydrogens is 310 g/mol. The van der Waals surface area contributed by atoms with E-state index in [4.69, 9.17) is 4.42 Å². The zero-order valence-corrected chi connectivity index (χ0v) is 15.3. The van der Waals surface area contributed by atoms with E-state index in [1.54, 1.807) is 0 Å². The summed E-state index contributed by atoms with van der Waals surface area (Å²) in [5, 5.41) is 0. The number of carbonyl (C=O) groups excluding carboxylic acids is 1. The summed E-state index contributed by atoms with van der Waals surface area (Å²) < 4.78 is 5.85. The van der Waals surface area contributed by atoms with E-state index in [9.17, 15) is 4.79 Å². The average molecular weight is 337 g/mol. The van der Waals surface area contributed by atoms with Crippen LogP contribution in [0.3, 0.4) is 0 Å². The first-order valence-corrected chi connectivity index (χ1v) is 9.93. The maximum Gasteiger partial charge on any atom is 0.202 e. The van der Waals surface area contributed by atoms with Crippen molar-refractivity contribution in [3.63, 3.8) is 0 Å². The van der Waals surface area contributed by atoms with Crippen molar-refractivity contribution in [2.24, 2.45) is 29.6 Å².